The standard InChI is InChI=1S/C14H15FN4O/c1-9-6-17-4-3-10(9)7-19-14(20)12-5-11(15)8-18-13(12)16-2/h3-6,8H,7H2,1-2H3,(H,16,18)(H,19,20). The molecule has 0 aliphatic rings. The van der Waals surface area contributed by atoms with Crippen LogP contribution >= 0.6 is 0 Å². The number of pyridine rings is 2. The molecule has 2 N–H and O–H groups in total. The molecule has 0 radical (unpaired) electrons. The molecule has 6 heteroatoms. The van der Waals surface area contributed by atoms with Gasteiger partial charge in [-0.2, -0.15) is 0 Å². The van der Waals surface area contributed by atoms with Gasteiger partial charge in [0.05, 0.1) is 11.8 Å². The van der Waals surface area contributed by atoms with Crippen molar-refractivity contribution in [3.8, 4) is 0 Å². The molecular formula is C14H15FN4O. The molecule has 0 saturated heterocycles. The minimum atomic E-state index is -0.547. The van der Waals surface area contributed by atoms with Gasteiger partial charge in [-0.15, -0.1) is 0 Å². The van der Waals surface area contributed by atoms with Gasteiger partial charge in [-0.25, -0.2) is 9.37 Å². The molecule has 0 unspecified atom stereocenters. The summed E-state index contributed by atoms with van der Waals surface area (Å²) in [5, 5.41) is 5.51. The van der Waals surface area contributed by atoms with Crippen LogP contribution in [0.3, 0.4) is 0 Å². The average Bonchev–Trinajstić information content (AvgIpc) is 2.46. The van der Waals surface area contributed by atoms with Crippen molar-refractivity contribution in [3.05, 3.63) is 53.2 Å². The molecule has 0 fully saturated rings. The molecule has 0 aromatic carbocycles. The lowest BCUT2D eigenvalue weighted by molar-refractivity contribution is 0.0951. The molecule has 0 atom stereocenters. The number of amides is 1. The van der Waals surface area contributed by atoms with E-state index >= 15 is 0 Å². The first-order valence-corrected chi connectivity index (χ1v) is 6.13. The monoisotopic (exact) mass is 274 g/mol. The molecule has 2 aromatic rings. The number of aromatic nitrogens is 2. The summed E-state index contributed by atoms with van der Waals surface area (Å²) in [6, 6.07) is 2.99. The van der Waals surface area contributed by atoms with Gasteiger partial charge >= 0.3 is 0 Å². The maximum absolute atomic E-state index is 13.2. The van der Waals surface area contributed by atoms with E-state index in [-0.39, 0.29) is 11.5 Å². The van der Waals surface area contributed by atoms with Crippen LogP contribution in [0.25, 0.3) is 0 Å². The fraction of sp³-hybridized carbons (Fsp3) is 0.214. The zero-order chi connectivity index (χ0) is 14.5. The topological polar surface area (TPSA) is 66.9 Å². The molecule has 2 heterocycles. The number of hydrogen-bond acceptors (Lipinski definition) is 4. The second kappa shape index (κ2) is 6.10. The van der Waals surface area contributed by atoms with Gasteiger partial charge in [0.1, 0.15) is 11.6 Å². The van der Waals surface area contributed by atoms with Gasteiger partial charge in [-0.1, -0.05) is 0 Å². The molecule has 0 saturated carbocycles. The predicted octanol–water partition coefficient (Wildman–Crippen LogP) is 1.90. The second-order valence-electron chi connectivity index (χ2n) is 4.28. The molecule has 104 valence electrons. The SMILES string of the molecule is CNc1ncc(F)cc1C(=O)NCc1ccncc1C. The lowest BCUT2D eigenvalue weighted by Gasteiger charge is -2.10. The fourth-order valence-corrected chi connectivity index (χ4v) is 1.78. The number of carbonyl (C=O) groups excluding carboxylic acids is 1. The molecule has 0 aliphatic carbocycles. The maximum Gasteiger partial charge on any atom is 0.255 e. The highest BCUT2D eigenvalue weighted by molar-refractivity contribution is 5.98. The Morgan fingerprint density at radius 1 is 1.40 bits per heavy atom. The number of aryl methyl sites for hydroxylation is 1. The Hall–Kier alpha value is -2.50. The van der Waals surface area contributed by atoms with E-state index in [1.807, 2.05) is 13.0 Å². The van der Waals surface area contributed by atoms with Gasteiger partial charge < -0.3 is 10.6 Å². The smallest absolute Gasteiger partial charge is 0.255 e. The number of anilines is 1. The summed E-state index contributed by atoms with van der Waals surface area (Å²) >= 11 is 0. The number of carbonyl (C=O) groups is 1. The number of halogens is 1. The Morgan fingerprint density at radius 2 is 2.20 bits per heavy atom. The third kappa shape index (κ3) is 3.09. The van der Waals surface area contributed by atoms with Gasteiger partial charge in [0.25, 0.3) is 5.91 Å². The molecule has 0 aliphatic heterocycles. The normalized spacial score (nSPS) is 10.2. The summed E-state index contributed by atoms with van der Waals surface area (Å²) in [6.45, 7) is 2.27. The van der Waals surface area contributed by atoms with Crippen molar-refractivity contribution >= 4 is 11.7 Å². The first kappa shape index (κ1) is 13.9. The summed E-state index contributed by atoms with van der Waals surface area (Å²) in [4.78, 5) is 19.9. The molecular weight excluding hydrogens is 259 g/mol. The van der Waals surface area contributed by atoms with Gasteiger partial charge in [-0.3, -0.25) is 9.78 Å². The summed E-state index contributed by atoms with van der Waals surface area (Å²) in [7, 11) is 1.63. The number of hydrogen-bond donors (Lipinski definition) is 2. The van der Waals surface area contributed by atoms with Crippen LogP contribution in [0, 0.1) is 12.7 Å². The highest BCUT2D eigenvalue weighted by atomic mass is 19.1. The van der Waals surface area contributed by atoms with Gasteiger partial charge in [0.2, 0.25) is 0 Å². The van der Waals surface area contributed by atoms with Crippen molar-refractivity contribution < 1.29 is 9.18 Å². The Bertz CT molecular complexity index is 630. The van der Waals surface area contributed by atoms with Crippen LogP contribution in [-0.2, 0) is 6.54 Å². The molecule has 1 amide bonds. The maximum atomic E-state index is 13.2. The number of nitrogens with zero attached hydrogens (tertiary/aromatic N) is 2. The average molecular weight is 274 g/mol. The van der Waals surface area contributed by atoms with E-state index < -0.39 is 5.82 Å². The first-order valence-electron chi connectivity index (χ1n) is 6.13. The van der Waals surface area contributed by atoms with Crippen LogP contribution in [0.1, 0.15) is 21.5 Å². The quantitative estimate of drug-likeness (QED) is 0.893. The highest BCUT2D eigenvalue weighted by Crippen LogP contribution is 2.13. The largest absolute Gasteiger partial charge is 0.372 e. The number of rotatable bonds is 4. The molecule has 0 bridgehead atoms. The van der Waals surface area contributed by atoms with Gasteiger partial charge in [-0.05, 0) is 30.2 Å². The zero-order valence-corrected chi connectivity index (χ0v) is 11.3. The van der Waals surface area contributed by atoms with Crippen molar-refractivity contribution in [2.45, 2.75) is 13.5 Å². The summed E-state index contributed by atoms with van der Waals surface area (Å²) in [6.07, 6.45) is 4.46. The van der Waals surface area contributed by atoms with E-state index in [1.54, 1.807) is 19.4 Å². The molecule has 0 spiro atoms. The Balaban J connectivity index is 2.13. The first-order chi connectivity index (χ1) is 9.61. The van der Waals surface area contributed by atoms with Crippen LogP contribution < -0.4 is 10.6 Å². The van der Waals surface area contributed by atoms with E-state index in [0.717, 1.165) is 23.4 Å². The van der Waals surface area contributed by atoms with Crippen LogP contribution in [0.4, 0.5) is 10.2 Å². The predicted molar refractivity (Wildman–Crippen MR) is 73.9 cm³/mol. The van der Waals surface area contributed by atoms with Gasteiger partial charge in [0.15, 0.2) is 0 Å². The van der Waals surface area contributed by atoms with E-state index in [4.69, 9.17) is 0 Å². The van der Waals surface area contributed by atoms with E-state index in [9.17, 15) is 9.18 Å². The van der Waals surface area contributed by atoms with Gasteiger partial charge in [0, 0.05) is 26.0 Å². The Labute approximate surface area is 116 Å². The van der Waals surface area contributed by atoms with E-state index in [2.05, 4.69) is 20.6 Å². The zero-order valence-electron chi connectivity index (χ0n) is 11.3. The lowest BCUT2D eigenvalue weighted by Crippen LogP contribution is -2.24. The fourth-order valence-electron chi connectivity index (χ4n) is 1.78. The number of nitrogens with one attached hydrogen (secondary N) is 2. The minimum Gasteiger partial charge on any atom is -0.372 e. The third-order valence-electron chi connectivity index (χ3n) is 2.91. The van der Waals surface area contributed by atoms with Crippen molar-refractivity contribution in [2.24, 2.45) is 0 Å². The van der Waals surface area contributed by atoms with Crippen LogP contribution in [0.5, 0.6) is 0 Å². The van der Waals surface area contributed by atoms with Crippen molar-refractivity contribution in [1.29, 1.82) is 0 Å². The highest BCUT2D eigenvalue weighted by Gasteiger charge is 2.13. The van der Waals surface area contributed by atoms with Crippen LogP contribution in [0.15, 0.2) is 30.7 Å². The molecule has 2 rings (SSSR count). The Morgan fingerprint density at radius 3 is 2.90 bits per heavy atom. The Kier molecular flexibility index (Phi) is 4.24. The molecule has 5 nitrogen and oxygen atoms in total. The second-order valence-corrected chi connectivity index (χ2v) is 4.28. The minimum absolute atomic E-state index is 0.180. The summed E-state index contributed by atoms with van der Waals surface area (Å²) in [5.41, 5.74) is 2.13. The van der Waals surface area contributed by atoms with E-state index in [0.29, 0.717) is 12.4 Å². The van der Waals surface area contributed by atoms with Crippen molar-refractivity contribution in [1.82, 2.24) is 15.3 Å². The molecule has 20 heavy (non-hydrogen) atoms. The van der Waals surface area contributed by atoms with E-state index in [1.165, 1.54) is 0 Å². The summed E-state index contributed by atoms with van der Waals surface area (Å²) in [5.74, 6) is -0.581. The lowest BCUT2D eigenvalue weighted by atomic mass is 10.1. The summed E-state index contributed by atoms with van der Waals surface area (Å²) < 4.78 is 13.2. The third-order valence-corrected chi connectivity index (χ3v) is 2.91. The van der Waals surface area contributed by atoms with Crippen LogP contribution in [-0.4, -0.2) is 22.9 Å². The van der Waals surface area contributed by atoms with Crippen molar-refractivity contribution in [2.75, 3.05) is 12.4 Å². The van der Waals surface area contributed by atoms with Crippen molar-refractivity contribution in [3.63, 3.8) is 0 Å². The molecule has 2 aromatic heterocycles. The van der Waals surface area contributed by atoms with Crippen LogP contribution in [0.2, 0.25) is 0 Å².